The van der Waals surface area contributed by atoms with Gasteiger partial charge in [0.15, 0.2) is 0 Å². The first-order chi connectivity index (χ1) is 7.04. The lowest BCUT2D eigenvalue weighted by molar-refractivity contribution is 0.0905. The molecule has 0 aromatic heterocycles. The van der Waals surface area contributed by atoms with E-state index in [9.17, 15) is 4.79 Å². The van der Waals surface area contributed by atoms with E-state index >= 15 is 0 Å². The van der Waals surface area contributed by atoms with Gasteiger partial charge in [0.1, 0.15) is 5.66 Å². The Morgan fingerprint density at radius 3 is 2.80 bits per heavy atom. The molecule has 15 heavy (non-hydrogen) atoms. The standard InChI is InChI=1S/C11H13ClN2O/c1-3-11(2)13-9-5-4-7(12)6-8(9)10(15)14-11/h4-6,13H,3H2,1-2H3,(H,14,15). The van der Waals surface area contributed by atoms with Crippen LogP contribution in [0.3, 0.4) is 0 Å². The van der Waals surface area contributed by atoms with Crippen LogP contribution in [-0.2, 0) is 0 Å². The van der Waals surface area contributed by atoms with Crippen LogP contribution in [0.5, 0.6) is 0 Å². The smallest absolute Gasteiger partial charge is 0.255 e. The van der Waals surface area contributed by atoms with Crippen LogP contribution in [0, 0.1) is 0 Å². The van der Waals surface area contributed by atoms with E-state index in [0.29, 0.717) is 10.6 Å². The van der Waals surface area contributed by atoms with Gasteiger partial charge in [-0.15, -0.1) is 0 Å². The third kappa shape index (κ3) is 1.79. The minimum absolute atomic E-state index is 0.0735. The fourth-order valence-electron chi connectivity index (χ4n) is 1.64. The average molecular weight is 225 g/mol. The SMILES string of the molecule is CCC1(C)NC(=O)c2cc(Cl)ccc2N1. The lowest BCUT2D eigenvalue weighted by Gasteiger charge is -2.36. The molecule has 0 bridgehead atoms. The summed E-state index contributed by atoms with van der Waals surface area (Å²) in [6, 6.07) is 5.29. The van der Waals surface area contributed by atoms with Crippen LogP contribution in [0.1, 0.15) is 30.6 Å². The number of hydrogen-bond acceptors (Lipinski definition) is 2. The Morgan fingerprint density at radius 2 is 2.13 bits per heavy atom. The van der Waals surface area contributed by atoms with Crippen molar-refractivity contribution in [1.29, 1.82) is 0 Å². The van der Waals surface area contributed by atoms with Gasteiger partial charge in [-0.1, -0.05) is 18.5 Å². The number of carbonyl (C=O) groups is 1. The fraction of sp³-hybridized carbons (Fsp3) is 0.364. The summed E-state index contributed by atoms with van der Waals surface area (Å²) < 4.78 is 0. The quantitative estimate of drug-likeness (QED) is 0.770. The molecule has 0 radical (unpaired) electrons. The molecular formula is C11H13ClN2O. The molecule has 1 amide bonds. The predicted octanol–water partition coefficient (Wildman–Crippen LogP) is 2.62. The van der Waals surface area contributed by atoms with Crippen LogP contribution < -0.4 is 10.6 Å². The van der Waals surface area contributed by atoms with Crippen molar-refractivity contribution in [3.05, 3.63) is 28.8 Å². The highest BCUT2D eigenvalue weighted by atomic mass is 35.5. The maximum atomic E-state index is 11.8. The number of amides is 1. The van der Waals surface area contributed by atoms with Crippen LogP contribution in [0.15, 0.2) is 18.2 Å². The van der Waals surface area contributed by atoms with E-state index in [-0.39, 0.29) is 11.6 Å². The molecule has 4 heteroatoms. The molecule has 2 N–H and O–H groups in total. The van der Waals surface area contributed by atoms with Gasteiger partial charge in [-0.25, -0.2) is 0 Å². The van der Waals surface area contributed by atoms with Gasteiger partial charge < -0.3 is 10.6 Å². The number of benzene rings is 1. The maximum Gasteiger partial charge on any atom is 0.255 e. The molecular weight excluding hydrogens is 212 g/mol. The molecule has 1 atom stereocenters. The molecule has 0 spiro atoms. The third-order valence-corrected chi connectivity index (χ3v) is 2.97. The summed E-state index contributed by atoms with van der Waals surface area (Å²) in [5.74, 6) is -0.0735. The van der Waals surface area contributed by atoms with E-state index in [1.54, 1.807) is 12.1 Å². The van der Waals surface area contributed by atoms with Crippen LogP contribution in [0.2, 0.25) is 5.02 Å². The average Bonchev–Trinajstić information content (AvgIpc) is 2.20. The van der Waals surface area contributed by atoms with Crippen molar-refractivity contribution < 1.29 is 4.79 Å². The van der Waals surface area contributed by atoms with Crippen molar-refractivity contribution in [2.75, 3.05) is 5.32 Å². The summed E-state index contributed by atoms with van der Waals surface area (Å²) in [5.41, 5.74) is 1.08. The largest absolute Gasteiger partial charge is 0.362 e. The second-order valence-electron chi connectivity index (χ2n) is 3.95. The second-order valence-corrected chi connectivity index (χ2v) is 4.39. The van der Waals surface area contributed by atoms with Crippen LogP contribution >= 0.6 is 11.6 Å². The van der Waals surface area contributed by atoms with Gasteiger partial charge in [0.05, 0.1) is 5.56 Å². The Bertz CT molecular complexity index is 419. The minimum Gasteiger partial charge on any atom is -0.362 e. The van der Waals surface area contributed by atoms with Gasteiger partial charge in [-0.2, -0.15) is 0 Å². The van der Waals surface area contributed by atoms with E-state index in [0.717, 1.165) is 12.1 Å². The van der Waals surface area contributed by atoms with Gasteiger partial charge in [0.2, 0.25) is 0 Å². The number of carbonyl (C=O) groups excluding carboxylic acids is 1. The Balaban J connectivity index is 2.45. The number of anilines is 1. The first-order valence-electron chi connectivity index (χ1n) is 4.94. The molecule has 1 aliphatic heterocycles. The highest BCUT2D eigenvalue weighted by Gasteiger charge is 2.31. The van der Waals surface area contributed by atoms with Gasteiger partial charge in [0.25, 0.3) is 5.91 Å². The van der Waals surface area contributed by atoms with E-state index in [1.165, 1.54) is 0 Å². The van der Waals surface area contributed by atoms with Crippen molar-refractivity contribution in [3.8, 4) is 0 Å². The Kier molecular flexibility index (Phi) is 2.35. The lowest BCUT2D eigenvalue weighted by atomic mass is 10.0. The van der Waals surface area contributed by atoms with Crippen molar-refractivity contribution in [2.45, 2.75) is 25.9 Å². The fourth-order valence-corrected chi connectivity index (χ4v) is 1.81. The number of halogens is 1. The summed E-state index contributed by atoms with van der Waals surface area (Å²) in [6.45, 7) is 3.98. The molecule has 0 fully saturated rings. The molecule has 0 saturated carbocycles. The molecule has 0 saturated heterocycles. The molecule has 1 heterocycles. The number of nitrogens with one attached hydrogen (secondary N) is 2. The van der Waals surface area contributed by atoms with Gasteiger partial charge in [-0.05, 0) is 31.5 Å². The third-order valence-electron chi connectivity index (χ3n) is 2.73. The zero-order valence-corrected chi connectivity index (χ0v) is 9.48. The van der Waals surface area contributed by atoms with Crippen molar-refractivity contribution in [3.63, 3.8) is 0 Å². The zero-order chi connectivity index (χ0) is 11.1. The van der Waals surface area contributed by atoms with Crippen molar-refractivity contribution in [1.82, 2.24) is 5.32 Å². The van der Waals surface area contributed by atoms with E-state index < -0.39 is 0 Å². The summed E-state index contributed by atoms with van der Waals surface area (Å²) in [5, 5.41) is 6.78. The van der Waals surface area contributed by atoms with Gasteiger partial charge in [-0.3, -0.25) is 4.79 Å². The first-order valence-corrected chi connectivity index (χ1v) is 5.32. The predicted molar refractivity (Wildman–Crippen MR) is 61.2 cm³/mol. The van der Waals surface area contributed by atoms with Crippen molar-refractivity contribution >= 4 is 23.2 Å². The molecule has 1 aromatic carbocycles. The molecule has 2 rings (SSSR count). The summed E-state index contributed by atoms with van der Waals surface area (Å²) in [4.78, 5) is 11.8. The maximum absolute atomic E-state index is 11.8. The van der Waals surface area contributed by atoms with Crippen LogP contribution in [0.25, 0.3) is 0 Å². The number of rotatable bonds is 1. The topological polar surface area (TPSA) is 41.1 Å². The normalized spacial score (nSPS) is 24.1. The first kappa shape index (κ1) is 10.3. The molecule has 1 unspecified atom stereocenters. The van der Waals surface area contributed by atoms with Gasteiger partial charge in [0, 0.05) is 10.7 Å². The zero-order valence-electron chi connectivity index (χ0n) is 8.73. The van der Waals surface area contributed by atoms with E-state index in [2.05, 4.69) is 10.6 Å². The highest BCUT2D eigenvalue weighted by Crippen LogP contribution is 2.28. The molecule has 1 aromatic rings. The van der Waals surface area contributed by atoms with Crippen LogP contribution in [-0.4, -0.2) is 11.6 Å². The minimum atomic E-state index is -0.363. The summed E-state index contributed by atoms with van der Waals surface area (Å²) in [6.07, 6.45) is 0.820. The number of hydrogen-bond donors (Lipinski definition) is 2. The Morgan fingerprint density at radius 1 is 1.40 bits per heavy atom. The highest BCUT2D eigenvalue weighted by molar-refractivity contribution is 6.31. The lowest BCUT2D eigenvalue weighted by Crippen LogP contribution is -2.54. The Hall–Kier alpha value is -1.22. The molecule has 1 aliphatic rings. The Labute approximate surface area is 93.8 Å². The molecule has 0 aliphatic carbocycles. The van der Waals surface area contributed by atoms with Crippen molar-refractivity contribution in [2.24, 2.45) is 0 Å². The number of fused-ring (bicyclic) bond motifs is 1. The molecule has 80 valence electrons. The van der Waals surface area contributed by atoms with E-state index in [1.807, 2.05) is 19.9 Å². The monoisotopic (exact) mass is 224 g/mol. The van der Waals surface area contributed by atoms with E-state index in [4.69, 9.17) is 11.6 Å². The van der Waals surface area contributed by atoms with Gasteiger partial charge >= 0.3 is 0 Å². The second kappa shape index (κ2) is 3.42. The molecule has 3 nitrogen and oxygen atoms in total. The summed E-state index contributed by atoms with van der Waals surface area (Å²) in [7, 11) is 0. The summed E-state index contributed by atoms with van der Waals surface area (Å²) >= 11 is 5.84. The van der Waals surface area contributed by atoms with Crippen LogP contribution in [0.4, 0.5) is 5.69 Å².